The summed E-state index contributed by atoms with van der Waals surface area (Å²) in [5.74, 6) is 0.000417. The van der Waals surface area contributed by atoms with Gasteiger partial charge < -0.3 is 5.21 Å². The van der Waals surface area contributed by atoms with Crippen molar-refractivity contribution >= 4 is 0 Å². The van der Waals surface area contributed by atoms with Gasteiger partial charge in [-0.1, -0.05) is 19.3 Å². The predicted octanol–water partition coefficient (Wildman–Crippen LogP) is 2.60. The van der Waals surface area contributed by atoms with Gasteiger partial charge in [0.05, 0.1) is 7.06 Å². The van der Waals surface area contributed by atoms with Crippen molar-refractivity contribution in [2.75, 3.05) is 0 Å². The zero-order chi connectivity index (χ0) is 12.4. The van der Waals surface area contributed by atoms with E-state index in [9.17, 15) is 14.4 Å². The van der Waals surface area contributed by atoms with Crippen molar-refractivity contribution in [1.82, 2.24) is 4.73 Å². The first-order valence-corrected chi connectivity index (χ1v) is 5.65. The van der Waals surface area contributed by atoms with E-state index in [1.165, 1.54) is 0 Å². The zero-order valence-electron chi connectivity index (χ0n) is 10.1. The molecule has 1 fully saturated rings. The lowest BCUT2D eigenvalue weighted by molar-refractivity contribution is 0.156. The molecule has 88 valence electrons. The van der Waals surface area contributed by atoms with Gasteiger partial charge in [-0.15, -0.1) is 0 Å². The Morgan fingerprint density at radius 2 is 2.19 bits per heavy atom. The molecule has 1 aromatic rings. The van der Waals surface area contributed by atoms with Crippen LogP contribution in [0.5, 0.6) is 0 Å². The average molecular weight is 226 g/mol. The zero-order valence-corrected chi connectivity index (χ0v) is 9.08. The molecule has 1 N–H and O–H groups in total. The van der Waals surface area contributed by atoms with Crippen molar-refractivity contribution < 1.29 is 11.0 Å². The summed E-state index contributed by atoms with van der Waals surface area (Å²) in [7, 11) is 0. The van der Waals surface area contributed by atoms with Gasteiger partial charge in [0.1, 0.15) is 6.67 Å². The van der Waals surface area contributed by atoms with E-state index in [2.05, 4.69) is 0 Å². The Kier molecular flexibility index (Phi) is 2.89. The van der Waals surface area contributed by atoms with Crippen molar-refractivity contribution in [2.45, 2.75) is 44.7 Å². The van der Waals surface area contributed by atoms with E-state index >= 15 is 0 Å². The van der Waals surface area contributed by atoms with Crippen LogP contribution in [-0.2, 0) is 6.67 Å². The summed E-state index contributed by atoms with van der Waals surface area (Å²) in [4.78, 5) is 11.5. The van der Waals surface area contributed by atoms with E-state index in [4.69, 9.17) is 1.37 Å². The van der Waals surface area contributed by atoms with Crippen LogP contribution in [0.4, 0.5) is 4.39 Å². The van der Waals surface area contributed by atoms with E-state index in [1.54, 1.807) is 0 Å². The molecule has 0 bridgehead atoms. The van der Waals surface area contributed by atoms with Gasteiger partial charge in [0, 0.05) is 12.0 Å². The molecule has 0 atom stereocenters. The second kappa shape index (κ2) is 4.68. The SMILES string of the molecule is [2H]c1c(CF)cc(=O)n(O)c1C1CCCCC1. The van der Waals surface area contributed by atoms with Gasteiger partial charge >= 0.3 is 0 Å². The number of nitrogens with zero attached hydrogens (tertiary/aromatic N) is 1. The molecule has 0 saturated heterocycles. The number of rotatable bonds is 2. The lowest BCUT2D eigenvalue weighted by Crippen LogP contribution is -2.24. The highest BCUT2D eigenvalue weighted by Crippen LogP contribution is 2.32. The van der Waals surface area contributed by atoms with Crippen LogP contribution in [-0.4, -0.2) is 9.94 Å². The predicted molar refractivity (Wildman–Crippen MR) is 58.5 cm³/mol. The maximum absolute atomic E-state index is 12.7. The summed E-state index contributed by atoms with van der Waals surface area (Å²) >= 11 is 0. The molecule has 0 amide bonds. The number of aromatic nitrogens is 1. The minimum absolute atomic E-state index is 0.000417. The highest BCUT2D eigenvalue weighted by molar-refractivity contribution is 5.20. The molecule has 1 aliphatic carbocycles. The van der Waals surface area contributed by atoms with Crippen LogP contribution in [0.25, 0.3) is 0 Å². The Morgan fingerprint density at radius 3 is 2.81 bits per heavy atom. The van der Waals surface area contributed by atoms with Gasteiger partial charge in [0.15, 0.2) is 0 Å². The third-order valence-corrected chi connectivity index (χ3v) is 3.16. The van der Waals surface area contributed by atoms with E-state index in [0.717, 1.165) is 38.2 Å². The summed E-state index contributed by atoms with van der Waals surface area (Å²) in [6.45, 7) is -0.839. The highest BCUT2D eigenvalue weighted by atomic mass is 19.1. The van der Waals surface area contributed by atoms with E-state index < -0.39 is 12.2 Å². The maximum Gasteiger partial charge on any atom is 0.283 e. The van der Waals surface area contributed by atoms with Crippen LogP contribution >= 0.6 is 0 Å². The Balaban J connectivity index is 2.50. The van der Waals surface area contributed by atoms with Gasteiger partial charge in [-0.2, -0.15) is 4.73 Å². The molecule has 1 aromatic heterocycles. The van der Waals surface area contributed by atoms with Crippen LogP contribution in [0.2, 0.25) is 0 Å². The van der Waals surface area contributed by atoms with Crippen molar-refractivity contribution in [2.24, 2.45) is 0 Å². The van der Waals surface area contributed by atoms with Gasteiger partial charge in [-0.3, -0.25) is 4.79 Å². The molecule has 0 spiro atoms. The van der Waals surface area contributed by atoms with Crippen LogP contribution in [0.15, 0.2) is 16.9 Å². The number of alkyl halides is 1. The normalized spacial score (nSPS) is 18.4. The minimum Gasteiger partial charge on any atom is -0.425 e. The van der Waals surface area contributed by atoms with Crippen LogP contribution in [0.3, 0.4) is 0 Å². The number of hydrogen-bond acceptors (Lipinski definition) is 2. The van der Waals surface area contributed by atoms with E-state index in [1.807, 2.05) is 0 Å². The second-order valence-corrected chi connectivity index (χ2v) is 4.30. The Bertz CT molecular complexity index is 466. The molecule has 1 aliphatic rings. The molecule has 4 heteroatoms. The van der Waals surface area contributed by atoms with Crippen molar-refractivity contribution in [3.8, 4) is 0 Å². The summed E-state index contributed by atoms with van der Waals surface area (Å²) in [5, 5.41) is 9.71. The largest absolute Gasteiger partial charge is 0.425 e. The minimum atomic E-state index is -0.839. The van der Waals surface area contributed by atoms with Crippen molar-refractivity contribution in [3.05, 3.63) is 33.7 Å². The number of halogens is 1. The van der Waals surface area contributed by atoms with Gasteiger partial charge in [-0.05, 0) is 24.4 Å². The van der Waals surface area contributed by atoms with Crippen LogP contribution in [0, 0.1) is 0 Å². The Hall–Kier alpha value is -1.32. The fourth-order valence-electron chi connectivity index (χ4n) is 2.31. The van der Waals surface area contributed by atoms with Crippen LogP contribution in [0.1, 0.15) is 50.7 Å². The average Bonchev–Trinajstić information content (AvgIpc) is 2.35. The quantitative estimate of drug-likeness (QED) is 0.787. The highest BCUT2D eigenvalue weighted by Gasteiger charge is 2.20. The van der Waals surface area contributed by atoms with Gasteiger partial charge in [0.25, 0.3) is 5.56 Å². The van der Waals surface area contributed by atoms with Gasteiger partial charge in [0.2, 0.25) is 0 Å². The molecule has 1 saturated carbocycles. The molecular formula is C12H16FNO2. The Labute approximate surface area is 94.9 Å². The summed E-state index contributed by atoms with van der Waals surface area (Å²) in [5.41, 5.74) is -0.292. The Morgan fingerprint density at radius 1 is 1.50 bits per heavy atom. The molecule has 0 unspecified atom stereocenters. The second-order valence-electron chi connectivity index (χ2n) is 4.30. The summed E-state index contributed by atoms with van der Waals surface area (Å²) in [6.07, 6.45) is 4.89. The topological polar surface area (TPSA) is 42.2 Å². The fourth-order valence-corrected chi connectivity index (χ4v) is 2.31. The molecule has 16 heavy (non-hydrogen) atoms. The number of pyridine rings is 1. The molecular weight excluding hydrogens is 209 g/mol. The molecule has 0 radical (unpaired) electrons. The van der Waals surface area contributed by atoms with E-state index in [0.29, 0.717) is 4.73 Å². The lowest BCUT2D eigenvalue weighted by Gasteiger charge is -2.23. The summed E-state index contributed by atoms with van der Waals surface area (Å²) < 4.78 is 21.1. The maximum atomic E-state index is 12.7. The van der Waals surface area contributed by atoms with E-state index in [-0.39, 0.29) is 23.2 Å². The standard InChI is InChI=1S/C12H16FNO2/c13-8-9-6-11(14(16)12(15)7-9)10-4-2-1-3-5-10/h6-7,10,16H,1-5,8H2/i6D. The summed E-state index contributed by atoms with van der Waals surface area (Å²) in [6, 6.07) is 0.968. The lowest BCUT2D eigenvalue weighted by atomic mass is 9.86. The number of hydrogen-bond donors (Lipinski definition) is 1. The fraction of sp³-hybridized carbons (Fsp3) is 0.583. The monoisotopic (exact) mass is 226 g/mol. The smallest absolute Gasteiger partial charge is 0.283 e. The van der Waals surface area contributed by atoms with Crippen molar-refractivity contribution in [3.63, 3.8) is 0 Å². The molecule has 2 rings (SSSR count). The van der Waals surface area contributed by atoms with Gasteiger partial charge in [-0.25, -0.2) is 4.39 Å². The third kappa shape index (κ3) is 2.10. The van der Waals surface area contributed by atoms with Crippen LogP contribution < -0.4 is 5.56 Å². The molecule has 3 nitrogen and oxygen atoms in total. The first-order valence-electron chi connectivity index (χ1n) is 6.15. The first-order chi connectivity index (χ1) is 8.15. The molecule has 0 aliphatic heterocycles. The molecule has 1 heterocycles. The first kappa shape index (κ1) is 9.87. The van der Waals surface area contributed by atoms with Crippen molar-refractivity contribution in [1.29, 1.82) is 0 Å². The third-order valence-electron chi connectivity index (χ3n) is 3.16. The molecule has 0 aromatic carbocycles.